The lowest BCUT2D eigenvalue weighted by Gasteiger charge is -2.38. The van der Waals surface area contributed by atoms with Gasteiger partial charge in [0.2, 0.25) is 11.8 Å². The summed E-state index contributed by atoms with van der Waals surface area (Å²) in [5, 5.41) is 3.41. The molecule has 1 heterocycles. The molecule has 9 heteroatoms. The maximum absolute atomic E-state index is 12.3. The van der Waals surface area contributed by atoms with Crippen LogP contribution in [0.1, 0.15) is 32.4 Å². The minimum absolute atomic E-state index is 0. The van der Waals surface area contributed by atoms with E-state index in [1.54, 1.807) is 4.90 Å². The van der Waals surface area contributed by atoms with Crippen molar-refractivity contribution in [2.75, 3.05) is 32.7 Å². The molecular weight excluding hydrogens is 423 g/mol. The van der Waals surface area contributed by atoms with E-state index in [1.165, 1.54) is 0 Å². The first-order chi connectivity index (χ1) is 12.3. The van der Waals surface area contributed by atoms with Crippen LogP contribution in [0.4, 0.5) is 0 Å². The first-order valence-corrected chi connectivity index (χ1v) is 9.48. The Kier molecular flexibility index (Phi) is 12.0. The van der Waals surface area contributed by atoms with Crippen LogP contribution in [-0.4, -0.2) is 60.4 Å². The predicted octanol–water partition coefficient (Wildman–Crippen LogP) is 2.49. The van der Waals surface area contributed by atoms with E-state index in [0.29, 0.717) is 13.1 Å². The fourth-order valence-electron chi connectivity index (χ4n) is 3.06. The summed E-state index contributed by atoms with van der Waals surface area (Å²) < 4.78 is 0. The fourth-order valence-corrected chi connectivity index (χ4v) is 3.36. The van der Waals surface area contributed by atoms with E-state index >= 15 is 0 Å². The molecule has 6 nitrogen and oxygen atoms in total. The summed E-state index contributed by atoms with van der Waals surface area (Å²) in [6, 6.07) is 7.47. The van der Waals surface area contributed by atoms with Crippen LogP contribution in [0.3, 0.4) is 0 Å². The van der Waals surface area contributed by atoms with Gasteiger partial charge in [-0.1, -0.05) is 43.6 Å². The van der Waals surface area contributed by atoms with Gasteiger partial charge >= 0.3 is 0 Å². The van der Waals surface area contributed by atoms with Gasteiger partial charge in [-0.25, -0.2) is 0 Å². The normalized spacial score (nSPS) is 16.6. The van der Waals surface area contributed by atoms with Crippen LogP contribution in [-0.2, 0) is 9.59 Å². The Morgan fingerprint density at radius 2 is 1.68 bits per heavy atom. The lowest BCUT2D eigenvalue weighted by Crippen LogP contribution is -2.53. The highest BCUT2D eigenvalue weighted by Crippen LogP contribution is 2.27. The monoisotopic (exact) mass is 452 g/mol. The van der Waals surface area contributed by atoms with E-state index < -0.39 is 6.04 Å². The van der Waals surface area contributed by atoms with Gasteiger partial charge in [-0.3, -0.25) is 14.5 Å². The Labute approximate surface area is 185 Å². The third-order valence-corrected chi connectivity index (χ3v) is 5.35. The van der Waals surface area contributed by atoms with Gasteiger partial charge in [0, 0.05) is 37.2 Å². The highest BCUT2D eigenvalue weighted by Gasteiger charge is 2.26. The van der Waals surface area contributed by atoms with Crippen LogP contribution in [0.2, 0.25) is 5.02 Å². The largest absolute Gasteiger partial charge is 0.346 e. The van der Waals surface area contributed by atoms with Crippen LogP contribution >= 0.6 is 36.4 Å². The number of nitrogens with one attached hydrogen (secondary N) is 1. The number of nitrogens with two attached hydrogens (primary N) is 1. The second-order valence-electron chi connectivity index (χ2n) is 7.10. The first-order valence-electron chi connectivity index (χ1n) is 9.10. The molecule has 1 aliphatic rings. The Morgan fingerprint density at radius 3 is 2.21 bits per heavy atom. The molecular formula is C19H31Cl3N4O2. The molecule has 0 radical (unpaired) electrons. The molecule has 1 unspecified atom stereocenters. The van der Waals surface area contributed by atoms with E-state index in [0.717, 1.165) is 23.7 Å². The number of halogens is 3. The molecule has 0 saturated carbocycles. The number of rotatable bonds is 6. The lowest BCUT2D eigenvalue weighted by molar-refractivity contribution is -0.135. The smallest absolute Gasteiger partial charge is 0.242 e. The van der Waals surface area contributed by atoms with Gasteiger partial charge in [0.05, 0.1) is 12.6 Å². The second-order valence-corrected chi connectivity index (χ2v) is 7.51. The maximum Gasteiger partial charge on any atom is 0.242 e. The zero-order valence-corrected chi connectivity index (χ0v) is 18.9. The van der Waals surface area contributed by atoms with Crippen molar-refractivity contribution in [2.45, 2.75) is 32.9 Å². The third-order valence-electron chi connectivity index (χ3n) is 5.00. The van der Waals surface area contributed by atoms with Crippen molar-refractivity contribution in [3.8, 4) is 0 Å². The van der Waals surface area contributed by atoms with Gasteiger partial charge in [0.1, 0.15) is 0 Å². The number of carbonyl (C=O) groups is 2. The van der Waals surface area contributed by atoms with E-state index in [2.05, 4.69) is 17.1 Å². The summed E-state index contributed by atoms with van der Waals surface area (Å²) in [6.45, 7) is 8.72. The van der Waals surface area contributed by atoms with Crippen molar-refractivity contribution < 1.29 is 9.59 Å². The van der Waals surface area contributed by atoms with Crippen LogP contribution in [0.25, 0.3) is 0 Å². The van der Waals surface area contributed by atoms with Crippen molar-refractivity contribution in [1.29, 1.82) is 0 Å². The van der Waals surface area contributed by atoms with Crippen molar-refractivity contribution in [2.24, 2.45) is 11.7 Å². The molecule has 160 valence electrons. The molecule has 1 fully saturated rings. The molecule has 1 aliphatic heterocycles. The number of amides is 2. The molecule has 2 amide bonds. The summed E-state index contributed by atoms with van der Waals surface area (Å²) in [5.41, 5.74) is 6.89. The molecule has 28 heavy (non-hydrogen) atoms. The van der Waals surface area contributed by atoms with Gasteiger partial charge < -0.3 is 16.0 Å². The van der Waals surface area contributed by atoms with Gasteiger partial charge in [-0.15, -0.1) is 24.8 Å². The van der Waals surface area contributed by atoms with Gasteiger partial charge in [-0.05, 0) is 24.5 Å². The topological polar surface area (TPSA) is 78.7 Å². The van der Waals surface area contributed by atoms with Crippen LogP contribution in [0.5, 0.6) is 0 Å². The zero-order valence-electron chi connectivity index (χ0n) is 16.6. The predicted molar refractivity (Wildman–Crippen MR) is 118 cm³/mol. The molecule has 1 aromatic carbocycles. The Morgan fingerprint density at radius 1 is 1.11 bits per heavy atom. The fraction of sp³-hybridized carbons (Fsp3) is 0.579. The van der Waals surface area contributed by atoms with E-state index in [1.807, 2.05) is 38.1 Å². The molecule has 0 aliphatic carbocycles. The molecule has 0 spiro atoms. The first kappa shape index (κ1) is 27.0. The number of nitrogens with zero attached hydrogens (tertiary/aromatic N) is 2. The molecule has 1 saturated heterocycles. The summed E-state index contributed by atoms with van der Waals surface area (Å²) in [4.78, 5) is 28.3. The molecule has 1 aromatic rings. The summed E-state index contributed by atoms with van der Waals surface area (Å²) >= 11 is 6.29. The molecule has 3 N–H and O–H groups in total. The zero-order chi connectivity index (χ0) is 19.3. The SMILES string of the molecule is CC(C)[C@H](N)C(=O)NCC(=O)N1CCN(C(C)c2ccccc2Cl)CC1.Cl.Cl. The van der Waals surface area contributed by atoms with Crippen molar-refractivity contribution >= 4 is 48.2 Å². The minimum Gasteiger partial charge on any atom is -0.346 e. The molecule has 2 rings (SSSR count). The number of carbonyl (C=O) groups excluding carboxylic acids is 2. The van der Waals surface area contributed by atoms with Crippen molar-refractivity contribution in [1.82, 2.24) is 15.1 Å². The quantitative estimate of drug-likeness (QED) is 0.693. The standard InChI is InChI=1S/C19H29ClN4O2.2ClH/c1-13(2)18(21)19(26)22-12-17(25)24-10-8-23(9-11-24)14(3)15-6-4-5-7-16(15)20;;/h4-7,13-14,18H,8-12,21H2,1-3H3,(H,22,26);2*1H/t14?,18-;;/m0../s1. The number of hydrogen-bond acceptors (Lipinski definition) is 4. The van der Waals surface area contributed by atoms with Gasteiger partial charge in [0.25, 0.3) is 0 Å². The van der Waals surface area contributed by atoms with Gasteiger partial charge in [-0.2, -0.15) is 0 Å². The number of benzene rings is 1. The Bertz CT molecular complexity index is 637. The molecule has 0 bridgehead atoms. The van der Waals surface area contributed by atoms with Crippen LogP contribution in [0.15, 0.2) is 24.3 Å². The average Bonchev–Trinajstić information content (AvgIpc) is 2.65. The Balaban J connectivity index is 0.00000364. The van der Waals surface area contributed by atoms with E-state index in [-0.39, 0.29) is 55.1 Å². The molecule has 0 aromatic heterocycles. The lowest BCUT2D eigenvalue weighted by atomic mass is 10.1. The van der Waals surface area contributed by atoms with Crippen molar-refractivity contribution in [3.05, 3.63) is 34.9 Å². The van der Waals surface area contributed by atoms with Crippen molar-refractivity contribution in [3.63, 3.8) is 0 Å². The third kappa shape index (κ3) is 7.08. The number of piperazine rings is 1. The summed E-state index contributed by atoms with van der Waals surface area (Å²) in [7, 11) is 0. The van der Waals surface area contributed by atoms with Crippen LogP contribution in [0, 0.1) is 5.92 Å². The Hall–Kier alpha value is -1.05. The minimum atomic E-state index is -0.587. The summed E-state index contributed by atoms with van der Waals surface area (Å²) in [6.07, 6.45) is 0. The van der Waals surface area contributed by atoms with Gasteiger partial charge in [0.15, 0.2) is 0 Å². The number of hydrogen-bond donors (Lipinski definition) is 2. The average molecular weight is 454 g/mol. The highest BCUT2D eigenvalue weighted by atomic mass is 35.5. The van der Waals surface area contributed by atoms with E-state index in [4.69, 9.17) is 17.3 Å². The highest BCUT2D eigenvalue weighted by molar-refractivity contribution is 6.31. The molecule has 2 atom stereocenters. The van der Waals surface area contributed by atoms with E-state index in [9.17, 15) is 9.59 Å². The second kappa shape index (κ2) is 12.5. The summed E-state index contributed by atoms with van der Waals surface area (Å²) in [5.74, 6) is -0.307. The maximum atomic E-state index is 12.3. The van der Waals surface area contributed by atoms with Crippen LogP contribution < -0.4 is 11.1 Å².